The van der Waals surface area contributed by atoms with E-state index in [2.05, 4.69) is 5.32 Å². The zero-order chi connectivity index (χ0) is 27.4. The van der Waals surface area contributed by atoms with Gasteiger partial charge in [0.05, 0.1) is 26.4 Å². The molecule has 0 aromatic heterocycles. The first kappa shape index (κ1) is 28.7. The summed E-state index contributed by atoms with van der Waals surface area (Å²) in [7, 11) is 0. The van der Waals surface area contributed by atoms with Crippen LogP contribution in [0, 0.1) is 0 Å². The van der Waals surface area contributed by atoms with Crippen LogP contribution >= 0.6 is 0 Å². The molecular formula is C30H35NO7. The van der Waals surface area contributed by atoms with Crippen LogP contribution in [0.25, 0.3) is 0 Å². The lowest BCUT2D eigenvalue weighted by Crippen LogP contribution is -2.38. The van der Waals surface area contributed by atoms with Crippen LogP contribution in [-0.4, -0.2) is 42.1 Å². The van der Waals surface area contributed by atoms with E-state index < -0.39 is 29.8 Å². The standard InChI is InChI=1S/C30H35NO7/c1-30(2,3)38-29(34)31-27(28(32)33)24-14-16-25(17-15-24)37-26(20-35-18-22-10-6-4-7-11-22)21-36-19-23-12-8-5-9-13-23/h4-17,26-27H,18-21H2,1-3H3,(H,31,34)(H,32,33)/t27-/m1/s1. The molecule has 0 heterocycles. The monoisotopic (exact) mass is 521 g/mol. The number of benzene rings is 3. The van der Waals surface area contributed by atoms with Crippen molar-refractivity contribution in [2.75, 3.05) is 13.2 Å². The van der Waals surface area contributed by atoms with E-state index in [4.69, 9.17) is 18.9 Å². The lowest BCUT2D eigenvalue weighted by atomic mass is 10.1. The first-order valence-electron chi connectivity index (χ1n) is 12.4. The van der Waals surface area contributed by atoms with Crippen LogP contribution in [0.2, 0.25) is 0 Å². The molecule has 3 aromatic carbocycles. The lowest BCUT2D eigenvalue weighted by molar-refractivity contribution is -0.139. The zero-order valence-corrected chi connectivity index (χ0v) is 22.0. The van der Waals surface area contributed by atoms with Crippen LogP contribution in [0.5, 0.6) is 5.75 Å². The number of nitrogens with one attached hydrogen (secondary N) is 1. The van der Waals surface area contributed by atoms with Crippen molar-refractivity contribution in [1.82, 2.24) is 5.32 Å². The van der Waals surface area contributed by atoms with Crippen LogP contribution in [0.4, 0.5) is 4.79 Å². The Bertz CT molecular complexity index is 1080. The number of rotatable bonds is 13. The molecule has 0 fully saturated rings. The maximum atomic E-state index is 12.1. The maximum absolute atomic E-state index is 12.1. The molecule has 0 radical (unpaired) electrons. The smallest absolute Gasteiger partial charge is 0.408 e. The molecule has 0 unspecified atom stereocenters. The highest BCUT2D eigenvalue weighted by Crippen LogP contribution is 2.21. The Labute approximate surface area is 223 Å². The lowest BCUT2D eigenvalue weighted by Gasteiger charge is -2.22. The Morgan fingerprint density at radius 2 is 1.29 bits per heavy atom. The summed E-state index contributed by atoms with van der Waals surface area (Å²) in [6.45, 7) is 6.59. The van der Waals surface area contributed by atoms with Crippen molar-refractivity contribution in [1.29, 1.82) is 0 Å². The molecular weight excluding hydrogens is 486 g/mol. The van der Waals surface area contributed by atoms with Crippen molar-refractivity contribution in [3.05, 3.63) is 102 Å². The molecule has 0 spiro atoms. The van der Waals surface area contributed by atoms with E-state index in [1.165, 1.54) is 0 Å². The van der Waals surface area contributed by atoms with Crippen molar-refractivity contribution in [2.24, 2.45) is 0 Å². The third-order valence-corrected chi connectivity index (χ3v) is 5.25. The summed E-state index contributed by atoms with van der Waals surface area (Å²) in [4.78, 5) is 23.9. The highest BCUT2D eigenvalue weighted by atomic mass is 16.6. The largest absolute Gasteiger partial charge is 0.486 e. The molecule has 202 valence electrons. The van der Waals surface area contributed by atoms with E-state index in [9.17, 15) is 14.7 Å². The van der Waals surface area contributed by atoms with Crippen molar-refractivity contribution in [3.63, 3.8) is 0 Å². The van der Waals surface area contributed by atoms with Crippen molar-refractivity contribution >= 4 is 12.1 Å². The number of carboxylic acids is 1. The van der Waals surface area contributed by atoms with Crippen molar-refractivity contribution in [3.8, 4) is 5.75 Å². The number of hydrogen-bond donors (Lipinski definition) is 2. The second-order valence-corrected chi connectivity index (χ2v) is 9.73. The van der Waals surface area contributed by atoms with Crippen LogP contribution in [0.3, 0.4) is 0 Å². The molecule has 3 rings (SSSR count). The van der Waals surface area contributed by atoms with Gasteiger partial charge in [-0.3, -0.25) is 0 Å². The first-order valence-corrected chi connectivity index (χ1v) is 12.4. The van der Waals surface area contributed by atoms with Gasteiger partial charge in [0.2, 0.25) is 0 Å². The van der Waals surface area contributed by atoms with E-state index in [1.54, 1.807) is 45.0 Å². The van der Waals surface area contributed by atoms with E-state index >= 15 is 0 Å². The summed E-state index contributed by atoms with van der Waals surface area (Å²) in [6.07, 6.45) is -1.21. The number of carboxylic acid groups (broad SMARTS) is 1. The van der Waals surface area contributed by atoms with Gasteiger partial charge in [-0.05, 0) is 49.6 Å². The summed E-state index contributed by atoms with van der Waals surface area (Å²) in [5, 5.41) is 12.0. The van der Waals surface area contributed by atoms with Gasteiger partial charge in [0, 0.05) is 0 Å². The Morgan fingerprint density at radius 1 is 0.789 bits per heavy atom. The molecule has 2 N–H and O–H groups in total. The van der Waals surface area contributed by atoms with Crippen LogP contribution in [0.15, 0.2) is 84.9 Å². The molecule has 0 aliphatic heterocycles. The third kappa shape index (κ3) is 10.2. The average molecular weight is 522 g/mol. The maximum Gasteiger partial charge on any atom is 0.408 e. The summed E-state index contributed by atoms with van der Waals surface area (Å²) in [6, 6.07) is 24.9. The molecule has 0 aliphatic carbocycles. The summed E-state index contributed by atoms with van der Waals surface area (Å²) < 4.78 is 23.1. The summed E-state index contributed by atoms with van der Waals surface area (Å²) in [5.74, 6) is -0.683. The fraction of sp³-hybridized carbons (Fsp3) is 0.333. The normalized spacial score (nSPS) is 12.1. The minimum absolute atomic E-state index is 0.295. The number of carbonyl (C=O) groups is 2. The molecule has 8 heteroatoms. The minimum Gasteiger partial charge on any atom is -0.486 e. The van der Waals surface area contributed by atoms with Crippen molar-refractivity contribution < 1.29 is 33.6 Å². The van der Waals surface area contributed by atoms with E-state index in [-0.39, 0.29) is 0 Å². The Morgan fingerprint density at radius 3 is 1.74 bits per heavy atom. The fourth-order valence-corrected chi connectivity index (χ4v) is 3.53. The molecule has 3 aromatic rings. The molecule has 38 heavy (non-hydrogen) atoms. The first-order chi connectivity index (χ1) is 18.2. The molecule has 0 saturated heterocycles. The zero-order valence-electron chi connectivity index (χ0n) is 22.0. The van der Waals surface area contributed by atoms with E-state index in [0.29, 0.717) is 37.7 Å². The molecule has 0 bridgehead atoms. The van der Waals surface area contributed by atoms with Crippen LogP contribution < -0.4 is 10.1 Å². The Kier molecular flexibility index (Phi) is 10.7. The molecule has 0 aliphatic rings. The number of ether oxygens (including phenoxy) is 4. The van der Waals surface area contributed by atoms with Gasteiger partial charge in [0.25, 0.3) is 0 Å². The average Bonchev–Trinajstić information content (AvgIpc) is 2.88. The quantitative estimate of drug-likeness (QED) is 0.305. The number of carbonyl (C=O) groups excluding carboxylic acids is 1. The van der Waals surface area contributed by atoms with Gasteiger partial charge in [-0.2, -0.15) is 0 Å². The molecule has 0 saturated carbocycles. The topological polar surface area (TPSA) is 103 Å². The van der Waals surface area contributed by atoms with Crippen molar-refractivity contribution in [2.45, 2.75) is 51.7 Å². The fourth-order valence-electron chi connectivity index (χ4n) is 3.53. The SMILES string of the molecule is CC(C)(C)OC(=O)N[C@@H](C(=O)O)c1ccc(OC(COCc2ccccc2)COCc2ccccc2)cc1. The predicted octanol–water partition coefficient (Wildman–Crippen LogP) is 5.52. The van der Waals surface area contributed by atoms with Gasteiger partial charge in [-0.25, -0.2) is 9.59 Å². The number of alkyl carbamates (subject to hydrolysis) is 1. The number of aliphatic carboxylic acids is 1. The predicted molar refractivity (Wildman–Crippen MR) is 143 cm³/mol. The van der Waals surface area contributed by atoms with Gasteiger partial charge in [0.1, 0.15) is 17.5 Å². The molecule has 1 amide bonds. The van der Waals surface area contributed by atoms with Gasteiger partial charge in [-0.1, -0.05) is 72.8 Å². The second kappa shape index (κ2) is 14.2. The highest BCUT2D eigenvalue weighted by Gasteiger charge is 2.25. The minimum atomic E-state index is -1.27. The number of amides is 1. The second-order valence-electron chi connectivity index (χ2n) is 9.73. The van der Waals surface area contributed by atoms with Gasteiger partial charge < -0.3 is 29.4 Å². The van der Waals surface area contributed by atoms with E-state index in [0.717, 1.165) is 11.1 Å². The van der Waals surface area contributed by atoms with Gasteiger partial charge in [-0.15, -0.1) is 0 Å². The number of hydrogen-bond acceptors (Lipinski definition) is 6. The van der Waals surface area contributed by atoms with Crippen LogP contribution in [-0.2, 0) is 32.2 Å². The highest BCUT2D eigenvalue weighted by molar-refractivity contribution is 5.81. The molecule has 8 nitrogen and oxygen atoms in total. The van der Waals surface area contributed by atoms with Gasteiger partial charge >= 0.3 is 12.1 Å². The van der Waals surface area contributed by atoms with Crippen LogP contribution in [0.1, 0.15) is 43.5 Å². The van der Waals surface area contributed by atoms with Gasteiger partial charge in [0.15, 0.2) is 6.04 Å². The third-order valence-electron chi connectivity index (χ3n) is 5.25. The summed E-state index contributed by atoms with van der Waals surface area (Å²) >= 11 is 0. The summed E-state index contributed by atoms with van der Waals surface area (Å²) in [5.41, 5.74) is 1.74. The molecule has 1 atom stereocenters. The Hall–Kier alpha value is -3.88. The Balaban J connectivity index is 1.62. The van der Waals surface area contributed by atoms with E-state index in [1.807, 2.05) is 60.7 Å².